The van der Waals surface area contributed by atoms with E-state index < -0.39 is 0 Å². The molecule has 0 aromatic carbocycles. The van der Waals surface area contributed by atoms with E-state index in [9.17, 15) is 4.79 Å². The quantitative estimate of drug-likeness (QED) is 0.485. The molecule has 0 radical (unpaired) electrons. The third-order valence-corrected chi connectivity index (χ3v) is 5.10. The number of carbonyl (C=O) groups is 1. The van der Waals surface area contributed by atoms with E-state index in [4.69, 9.17) is 0 Å². The minimum atomic E-state index is 0.149. The molecule has 0 aliphatic rings. The Balaban J connectivity index is 2.09. The van der Waals surface area contributed by atoms with Gasteiger partial charge in [0, 0.05) is 26.7 Å². The molecule has 20 heavy (non-hydrogen) atoms. The molecule has 2 rings (SSSR count). The van der Waals surface area contributed by atoms with Crippen LogP contribution >= 0.6 is 23.1 Å². The van der Waals surface area contributed by atoms with Gasteiger partial charge in [-0.3, -0.25) is 4.79 Å². The summed E-state index contributed by atoms with van der Waals surface area (Å²) in [6, 6.07) is 1.97. The molecule has 2 aromatic heterocycles. The van der Waals surface area contributed by atoms with Crippen LogP contribution in [0, 0.1) is 34.6 Å². The monoisotopic (exact) mass is 306 g/mol. The van der Waals surface area contributed by atoms with E-state index in [1.54, 1.807) is 11.3 Å². The van der Waals surface area contributed by atoms with E-state index in [-0.39, 0.29) is 5.78 Å². The van der Waals surface area contributed by atoms with E-state index in [2.05, 4.69) is 9.97 Å². The number of rotatable bonds is 4. The molecule has 0 N–H and O–H groups in total. The second-order valence-corrected chi connectivity index (χ2v) is 7.24. The van der Waals surface area contributed by atoms with Gasteiger partial charge in [-0.1, -0.05) is 11.8 Å². The Labute approximate surface area is 127 Å². The van der Waals surface area contributed by atoms with Crippen molar-refractivity contribution < 1.29 is 4.79 Å². The molecule has 2 heterocycles. The fraction of sp³-hybridized carbons (Fsp3) is 0.400. The van der Waals surface area contributed by atoms with Crippen LogP contribution in [0.15, 0.2) is 11.2 Å². The predicted octanol–water partition coefficient (Wildman–Crippen LogP) is 4.06. The number of carbonyl (C=O) groups excluding carboxylic acids is 1. The summed E-state index contributed by atoms with van der Waals surface area (Å²) in [6.07, 6.45) is 0. The number of hydrogen-bond acceptors (Lipinski definition) is 5. The lowest BCUT2D eigenvalue weighted by Crippen LogP contribution is -2.04. The van der Waals surface area contributed by atoms with Crippen molar-refractivity contribution in [2.45, 2.75) is 39.8 Å². The van der Waals surface area contributed by atoms with Crippen LogP contribution in [0.1, 0.15) is 37.1 Å². The normalized spacial score (nSPS) is 10.8. The smallest absolute Gasteiger partial charge is 0.188 e. The third kappa shape index (κ3) is 3.27. The molecule has 0 unspecified atom stereocenters. The lowest BCUT2D eigenvalue weighted by atomic mass is 10.2. The summed E-state index contributed by atoms with van der Waals surface area (Å²) >= 11 is 3.08. The Morgan fingerprint density at radius 2 is 1.75 bits per heavy atom. The van der Waals surface area contributed by atoms with E-state index in [0.717, 1.165) is 27.4 Å². The first-order valence-electron chi connectivity index (χ1n) is 6.43. The van der Waals surface area contributed by atoms with Crippen LogP contribution in [0.25, 0.3) is 0 Å². The topological polar surface area (TPSA) is 42.9 Å². The van der Waals surface area contributed by atoms with Gasteiger partial charge in [0.25, 0.3) is 0 Å². The van der Waals surface area contributed by atoms with Crippen LogP contribution in [0.2, 0.25) is 0 Å². The third-order valence-electron chi connectivity index (χ3n) is 3.29. The van der Waals surface area contributed by atoms with Crippen molar-refractivity contribution in [3.05, 3.63) is 38.3 Å². The number of hydrogen-bond donors (Lipinski definition) is 0. The highest BCUT2D eigenvalue weighted by atomic mass is 32.2. The van der Waals surface area contributed by atoms with E-state index >= 15 is 0 Å². The van der Waals surface area contributed by atoms with Gasteiger partial charge in [0.2, 0.25) is 0 Å². The number of Topliss-reactive ketones (excluding diaryl/α,β-unsaturated/α-hetero) is 1. The molecule has 106 valence electrons. The van der Waals surface area contributed by atoms with Gasteiger partial charge in [-0.15, -0.1) is 11.3 Å². The number of thioether (sulfide) groups is 1. The van der Waals surface area contributed by atoms with Gasteiger partial charge < -0.3 is 0 Å². The Bertz CT molecular complexity index is 639. The van der Waals surface area contributed by atoms with E-state index in [0.29, 0.717) is 10.9 Å². The molecule has 0 amide bonds. The van der Waals surface area contributed by atoms with Crippen molar-refractivity contribution in [1.82, 2.24) is 9.97 Å². The van der Waals surface area contributed by atoms with Crippen molar-refractivity contribution in [2.24, 2.45) is 0 Å². The summed E-state index contributed by atoms with van der Waals surface area (Å²) in [5.74, 6) is 0.537. The maximum Gasteiger partial charge on any atom is 0.188 e. The first-order valence-corrected chi connectivity index (χ1v) is 8.23. The van der Waals surface area contributed by atoms with Gasteiger partial charge in [-0.05, 0) is 46.2 Å². The van der Waals surface area contributed by atoms with Crippen molar-refractivity contribution in [2.75, 3.05) is 5.75 Å². The predicted molar refractivity (Wildman–Crippen MR) is 85.1 cm³/mol. The van der Waals surface area contributed by atoms with Gasteiger partial charge in [0.15, 0.2) is 10.9 Å². The summed E-state index contributed by atoms with van der Waals surface area (Å²) in [5, 5.41) is 0.684. The van der Waals surface area contributed by atoms with E-state index in [1.807, 2.05) is 40.7 Å². The van der Waals surface area contributed by atoms with Gasteiger partial charge in [0.1, 0.15) is 0 Å². The fourth-order valence-corrected chi connectivity index (χ4v) is 3.68. The number of thiophene rings is 1. The highest BCUT2D eigenvalue weighted by molar-refractivity contribution is 7.99. The van der Waals surface area contributed by atoms with Crippen LogP contribution in [-0.4, -0.2) is 21.5 Å². The van der Waals surface area contributed by atoms with Gasteiger partial charge in [-0.2, -0.15) is 0 Å². The highest BCUT2D eigenvalue weighted by Crippen LogP contribution is 2.24. The summed E-state index contributed by atoms with van der Waals surface area (Å²) in [5.41, 5.74) is 3.91. The average molecular weight is 306 g/mol. The lowest BCUT2D eigenvalue weighted by molar-refractivity contribution is 0.102. The molecule has 2 aromatic rings. The Morgan fingerprint density at radius 1 is 1.15 bits per heavy atom. The first-order chi connectivity index (χ1) is 9.38. The molecule has 0 fully saturated rings. The van der Waals surface area contributed by atoms with Crippen LogP contribution in [-0.2, 0) is 0 Å². The molecule has 3 nitrogen and oxygen atoms in total. The Morgan fingerprint density at radius 3 is 2.25 bits per heavy atom. The van der Waals surface area contributed by atoms with Gasteiger partial charge in [0.05, 0.1) is 5.75 Å². The lowest BCUT2D eigenvalue weighted by Gasteiger charge is -2.06. The SMILES string of the molecule is Cc1cc(C(=O)CSc2nc(C)c(C)c(C)n2)c(C)s1. The summed E-state index contributed by atoms with van der Waals surface area (Å²) in [6.45, 7) is 9.98. The van der Waals surface area contributed by atoms with Crippen LogP contribution in [0.5, 0.6) is 0 Å². The molecule has 5 heteroatoms. The Kier molecular flexibility index (Phi) is 4.60. The number of aryl methyl sites for hydroxylation is 4. The fourth-order valence-electron chi connectivity index (χ4n) is 1.92. The van der Waals surface area contributed by atoms with Crippen molar-refractivity contribution in [3.8, 4) is 0 Å². The van der Waals surface area contributed by atoms with Gasteiger partial charge in [-0.25, -0.2) is 9.97 Å². The maximum absolute atomic E-state index is 12.2. The summed E-state index contributed by atoms with van der Waals surface area (Å²) in [4.78, 5) is 23.3. The molecule has 0 spiro atoms. The molecule has 0 saturated carbocycles. The summed E-state index contributed by atoms with van der Waals surface area (Å²) < 4.78 is 0. The zero-order chi connectivity index (χ0) is 14.9. The zero-order valence-electron chi connectivity index (χ0n) is 12.4. The second-order valence-electron chi connectivity index (χ2n) is 4.84. The highest BCUT2D eigenvalue weighted by Gasteiger charge is 2.14. The minimum absolute atomic E-state index is 0.149. The number of ketones is 1. The van der Waals surface area contributed by atoms with Crippen LogP contribution in [0.3, 0.4) is 0 Å². The van der Waals surface area contributed by atoms with Crippen molar-refractivity contribution >= 4 is 28.9 Å². The van der Waals surface area contributed by atoms with E-state index in [1.165, 1.54) is 16.6 Å². The second kappa shape index (κ2) is 6.06. The largest absolute Gasteiger partial charge is 0.293 e. The Hall–Kier alpha value is -1.20. The molecular formula is C15H18N2OS2. The molecule has 0 aliphatic heterocycles. The average Bonchev–Trinajstić information content (AvgIpc) is 2.72. The number of aromatic nitrogens is 2. The van der Waals surface area contributed by atoms with Crippen molar-refractivity contribution in [1.29, 1.82) is 0 Å². The first kappa shape index (κ1) is 15.2. The molecule has 0 aliphatic carbocycles. The minimum Gasteiger partial charge on any atom is -0.293 e. The molecular weight excluding hydrogens is 288 g/mol. The van der Waals surface area contributed by atoms with Crippen molar-refractivity contribution in [3.63, 3.8) is 0 Å². The summed E-state index contributed by atoms with van der Waals surface area (Å²) in [7, 11) is 0. The molecule has 0 bridgehead atoms. The number of nitrogens with zero attached hydrogens (tertiary/aromatic N) is 2. The molecule has 0 saturated heterocycles. The standard InChI is InChI=1S/C15H18N2OS2/c1-8-6-13(12(5)20-8)14(18)7-19-15-16-10(3)9(2)11(4)17-15/h6H,7H2,1-5H3. The van der Waals surface area contributed by atoms with Gasteiger partial charge >= 0.3 is 0 Å². The van der Waals surface area contributed by atoms with Crippen LogP contribution < -0.4 is 0 Å². The molecule has 0 atom stereocenters. The zero-order valence-corrected chi connectivity index (χ0v) is 14.0. The maximum atomic E-state index is 12.2. The van der Waals surface area contributed by atoms with Crippen LogP contribution in [0.4, 0.5) is 0 Å².